The molecule has 2 rings (SSSR count). The molecule has 0 aromatic heterocycles. The molecule has 0 bridgehead atoms. The summed E-state index contributed by atoms with van der Waals surface area (Å²) in [4.78, 5) is 17.2. The Balaban J connectivity index is 1.93. The van der Waals surface area contributed by atoms with E-state index in [2.05, 4.69) is 18.7 Å². The molecule has 0 radical (unpaired) electrons. The zero-order chi connectivity index (χ0) is 13.2. The van der Waals surface area contributed by atoms with Crippen LogP contribution in [0.25, 0.3) is 0 Å². The minimum Gasteiger partial charge on any atom is -0.340 e. The van der Waals surface area contributed by atoms with Gasteiger partial charge in [-0.25, -0.2) is 0 Å². The fourth-order valence-electron chi connectivity index (χ4n) is 2.99. The Labute approximate surface area is 110 Å². The first-order valence-electron chi connectivity index (χ1n) is 7.40. The van der Waals surface area contributed by atoms with Crippen LogP contribution in [0.2, 0.25) is 0 Å². The van der Waals surface area contributed by atoms with Crippen LogP contribution in [0.1, 0.15) is 39.5 Å². The zero-order valence-corrected chi connectivity index (χ0v) is 11.8. The van der Waals surface area contributed by atoms with Gasteiger partial charge >= 0.3 is 0 Å². The van der Waals surface area contributed by atoms with Gasteiger partial charge in [0.05, 0.1) is 5.41 Å². The number of rotatable bonds is 5. The maximum absolute atomic E-state index is 12.6. The lowest BCUT2D eigenvalue weighted by Crippen LogP contribution is -2.55. The van der Waals surface area contributed by atoms with E-state index in [-0.39, 0.29) is 11.3 Å². The quantitative estimate of drug-likeness (QED) is 0.797. The molecular formula is C14H27N3O. The molecular weight excluding hydrogens is 226 g/mol. The smallest absolute Gasteiger partial charge is 0.230 e. The van der Waals surface area contributed by atoms with Gasteiger partial charge in [-0.1, -0.05) is 13.8 Å². The van der Waals surface area contributed by atoms with Crippen molar-refractivity contribution in [2.75, 3.05) is 32.7 Å². The van der Waals surface area contributed by atoms with E-state index in [4.69, 9.17) is 5.73 Å². The Morgan fingerprint density at radius 1 is 1.17 bits per heavy atom. The van der Waals surface area contributed by atoms with Gasteiger partial charge in [0, 0.05) is 38.8 Å². The summed E-state index contributed by atoms with van der Waals surface area (Å²) in [7, 11) is 0. The Bertz CT molecular complexity index is 281. The fraction of sp³-hybridized carbons (Fsp3) is 0.929. The van der Waals surface area contributed by atoms with Gasteiger partial charge in [0.15, 0.2) is 0 Å². The minimum absolute atomic E-state index is 0.283. The Morgan fingerprint density at radius 3 is 2.11 bits per heavy atom. The molecule has 4 heteroatoms. The van der Waals surface area contributed by atoms with Gasteiger partial charge in [0.25, 0.3) is 0 Å². The summed E-state index contributed by atoms with van der Waals surface area (Å²) >= 11 is 0. The number of nitrogens with two attached hydrogens (primary N) is 1. The van der Waals surface area contributed by atoms with E-state index in [0.29, 0.717) is 6.54 Å². The van der Waals surface area contributed by atoms with Crippen LogP contribution in [-0.4, -0.2) is 54.5 Å². The van der Waals surface area contributed by atoms with E-state index >= 15 is 0 Å². The third-order valence-electron chi connectivity index (χ3n) is 4.86. The highest BCUT2D eigenvalue weighted by Gasteiger charge is 2.39. The molecule has 0 aromatic rings. The molecule has 1 aliphatic heterocycles. The van der Waals surface area contributed by atoms with E-state index in [9.17, 15) is 4.79 Å². The Hall–Kier alpha value is -0.610. The first-order valence-corrected chi connectivity index (χ1v) is 7.40. The Kier molecular flexibility index (Phi) is 4.28. The van der Waals surface area contributed by atoms with Crippen LogP contribution >= 0.6 is 0 Å². The predicted octanol–water partition coefficient (Wildman–Crippen LogP) is 1.06. The maximum Gasteiger partial charge on any atom is 0.230 e. The molecule has 1 amide bonds. The summed E-state index contributed by atoms with van der Waals surface area (Å²) in [5, 5.41) is 0. The maximum atomic E-state index is 12.6. The standard InChI is InChI=1S/C14H27N3O/c1-3-14(4-2,11-15)13(18)17-9-7-16(8-10-17)12-5-6-12/h12H,3-11,15H2,1-2H3. The molecule has 0 spiro atoms. The summed E-state index contributed by atoms with van der Waals surface area (Å²) in [6.07, 6.45) is 4.40. The van der Waals surface area contributed by atoms with Crippen LogP contribution in [-0.2, 0) is 4.79 Å². The number of piperazine rings is 1. The lowest BCUT2D eigenvalue weighted by Gasteiger charge is -2.40. The summed E-state index contributed by atoms with van der Waals surface area (Å²) in [5.41, 5.74) is 5.55. The second-order valence-electron chi connectivity index (χ2n) is 5.75. The first-order chi connectivity index (χ1) is 8.66. The van der Waals surface area contributed by atoms with Gasteiger partial charge in [-0.15, -0.1) is 0 Å². The number of carbonyl (C=O) groups is 1. The highest BCUT2D eigenvalue weighted by atomic mass is 16.2. The molecule has 0 atom stereocenters. The summed E-state index contributed by atoms with van der Waals surface area (Å²) in [6, 6.07) is 0.818. The molecule has 1 heterocycles. The highest BCUT2D eigenvalue weighted by molar-refractivity contribution is 5.83. The van der Waals surface area contributed by atoms with Crippen molar-refractivity contribution in [3.63, 3.8) is 0 Å². The average Bonchev–Trinajstić information content (AvgIpc) is 3.26. The average molecular weight is 253 g/mol. The molecule has 1 saturated heterocycles. The van der Waals surface area contributed by atoms with E-state index in [1.54, 1.807) is 0 Å². The fourth-order valence-corrected chi connectivity index (χ4v) is 2.99. The third kappa shape index (κ3) is 2.54. The molecule has 4 nitrogen and oxygen atoms in total. The summed E-state index contributed by atoms with van der Waals surface area (Å²) in [5.74, 6) is 0.283. The molecule has 2 N–H and O–H groups in total. The van der Waals surface area contributed by atoms with Gasteiger partial charge in [-0.3, -0.25) is 9.69 Å². The van der Waals surface area contributed by atoms with Crippen molar-refractivity contribution in [1.29, 1.82) is 0 Å². The summed E-state index contributed by atoms with van der Waals surface area (Å²) in [6.45, 7) is 8.49. The number of amides is 1. The van der Waals surface area contributed by atoms with E-state index in [1.165, 1.54) is 12.8 Å². The zero-order valence-electron chi connectivity index (χ0n) is 11.8. The van der Waals surface area contributed by atoms with Crippen LogP contribution in [0, 0.1) is 5.41 Å². The van der Waals surface area contributed by atoms with Crippen molar-refractivity contribution in [2.45, 2.75) is 45.6 Å². The van der Waals surface area contributed by atoms with Gasteiger partial charge in [0.1, 0.15) is 0 Å². The highest BCUT2D eigenvalue weighted by Crippen LogP contribution is 2.30. The first kappa shape index (κ1) is 13.8. The van der Waals surface area contributed by atoms with E-state index in [1.807, 2.05) is 4.90 Å². The van der Waals surface area contributed by atoms with Crippen molar-refractivity contribution in [3.05, 3.63) is 0 Å². The van der Waals surface area contributed by atoms with Crippen molar-refractivity contribution in [1.82, 2.24) is 9.80 Å². The van der Waals surface area contributed by atoms with E-state index in [0.717, 1.165) is 45.1 Å². The lowest BCUT2D eigenvalue weighted by molar-refractivity contribution is -0.144. The number of nitrogens with zero attached hydrogens (tertiary/aromatic N) is 2. The van der Waals surface area contributed by atoms with Crippen LogP contribution in [0.4, 0.5) is 0 Å². The van der Waals surface area contributed by atoms with Crippen molar-refractivity contribution < 1.29 is 4.79 Å². The normalized spacial score (nSPS) is 22.3. The molecule has 2 fully saturated rings. The molecule has 104 valence electrons. The molecule has 1 saturated carbocycles. The van der Waals surface area contributed by atoms with Gasteiger partial charge < -0.3 is 10.6 Å². The number of carbonyl (C=O) groups excluding carboxylic acids is 1. The molecule has 18 heavy (non-hydrogen) atoms. The van der Waals surface area contributed by atoms with Gasteiger partial charge in [-0.2, -0.15) is 0 Å². The Morgan fingerprint density at radius 2 is 1.72 bits per heavy atom. The van der Waals surface area contributed by atoms with Crippen LogP contribution < -0.4 is 5.73 Å². The third-order valence-corrected chi connectivity index (χ3v) is 4.86. The molecule has 1 aliphatic carbocycles. The van der Waals surface area contributed by atoms with Crippen molar-refractivity contribution >= 4 is 5.91 Å². The molecule has 2 aliphatic rings. The lowest BCUT2D eigenvalue weighted by atomic mass is 9.81. The second kappa shape index (κ2) is 5.57. The van der Waals surface area contributed by atoms with Crippen LogP contribution in [0.5, 0.6) is 0 Å². The van der Waals surface area contributed by atoms with Crippen LogP contribution in [0.3, 0.4) is 0 Å². The number of hydrogen-bond donors (Lipinski definition) is 1. The second-order valence-corrected chi connectivity index (χ2v) is 5.75. The van der Waals surface area contributed by atoms with E-state index < -0.39 is 0 Å². The summed E-state index contributed by atoms with van der Waals surface area (Å²) < 4.78 is 0. The SMILES string of the molecule is CCC(CC)(CN)C(=O)N1CCN(C2CC2)CC1. The monoisotopic (exact) mass is 253 g/mol. The minimum atomic E-state index is -0.318. The predicted molar refractivity (Wildman–Crippen MR) is 73.2 cm³/mol. The van der Waals surface area contributed by atoms with Gasteiger partial charge in [-0.05, 0) is 25.7 Å². The van der Waals surface area contributed by atoms with Crippen molar-refractivity contribution in [2.24, 2.45) is 11.1 Å². The van der Waals surface area contributed by atoms with Gasteiger partial charge in [0.2, 0.25) is 5.91 Å². The largest absolute Gasteiger partial charge is 0.340 e. The van der Waals surface area contributed by atoms with Crippen LogP contribution in [0.15, 0.2) is 0 Å². The topological polar surface area (TPSA) is 49.6 Å². The molecule has 0 aromatic carbocycles. The van der Waals surface area contributed by atoms with Crippen molar-refractivity contribution in [3.8, 4) is 0 Å². The molecule has 0 unspecified atom stereocenters. The number of hydrogen-bond acceptors (Lipinski definition) is 3.